The largest absolute Gasteiger partial charge is 0.351 e. The first-order valence-electron chi connectivity index (χ1n) is 5.32. The molecule has 7 heteroatoms. The van der Waals surface area contributed by atoms with Crippen LogP contribution in [0.25, 0.3) is 0 Å². The highest BCUT2D eigenvalue weighted by atomic mass is 35.5. The number of Topliss-reactive ketones (excluding diaryl/α,β-unsaturated/α-hetero) is 1. The van der Waals surface area contributed by atoms with Gasteiger partial charge in [-0.05, 0) is 24.3 Å². The summed E-state index contributed by atoms with van der Waals surface area (Å²) >= 11 is 5.51. The zero-order valence-electron chi connectivity index (χ0n) is 9.71. The van der Waals surface area contributed by atoms with Gasteiger partial charge in [-0.3, -0.25) is 9.78 Å². The second kappa shape index (κ2) is 5.20. The first-order valence-corrected chi connectivity index (χ1v) is 5.70. The van der Waals surface area contributed by atoms with Gasteiger partial charge in [-0.2, -0.15) is 8.78 Å². The minimum Gasteiger partial charge on any atom is -0.287 e. The fourth-order valence-corrected chi connectivity index (χ4v) is 1.63. The third-order valence-corrected chi connectivity index (χ3v) is 2.73. The van der Waals surface area contributed by atoms with Crippen molar-refractivity contribution >= 4 is 17.4 Å². The van der Waals surface area contributed by atoms with Crippen LogP contribution in [0.3, 0.4) is 0 Å². The number of nitrogens with zero attached hydrogens (tertiary/aromatic N) is 1. The number of carbonyl (C=O) groups is 1. The topological polar surface area (TPSA) is 30.0 Å². The normalized spacial score (nSPS) is 11.4. The van der Waals surface area contributed by atoms with Crippen LogP contribution in [0.4, 0.5) is 17.6 Å². The molecule has 0 spiro atoms. The highest BCUT2D eigenvalue weighted by molar-refractivity contribution is 6.30. The van der Waals surface area contributed by atoms with Crippen LogP contribution in [-0.4, -0.2) is 10.8 Å². The van der Waals surface area contributed by atoms with Crippen LogP contribution >= 0.6 is 11.6 Å². The third-order valence-electron chi connectivity index (χ3n) is 2.51. The number of halogens is 5. The molecule has 1 heterocycles. The smallest absolute Gasteiger partial charge is 0.287 e. The quantitative estimate of drug-likeness (QED) is 0.634. The third kappa shape index (κ3) is 2.65. The van der Waals surface area contributed by atoms with Crippen LogP contribution < -0.4 is 0 Å². The molecule has 0 aliphatic carbocycles. The van der Waals surface area contributed by atoms with Crippen molar-refractivity contribution in [2.45, 2.75) is 5.92 Å². The molecule has 0 aliphatic rings. The van der Waals surface area contributed by atoms with E-state index in [0.717, 1.165) is 24.4 Å². The number of ketones is 1. The number of hydrogen-bond acceptors (Lipinski definition) is 2. The number of benzene rings is 1. The van der Waals surface area contributed by atoms with Crippen LogP contribution in [0.2, 0.25) is 5.02 Å². The van der Waals surface area contributed by atoms with Crippen molar-refractivity contribution in [2.75, 3.05) is 0 Å². The summed E-state index contributed by atoms with van der Waals surface area (Å²) in [6.07, 6.45) is 0.944. The van der Waals surface area contributed by atoms with Crippen molar-refractivity contribution < 1.29 is 22.4 Å². The van der Waals surface area contributed by atoms with Gasteiger partial charge in [-0.15, -0.1) is 0 Å². The lowest BCUT2D eigenvalue weighted by atomic mass is 10.0. The molecule has 20 heavy (non-hydrogen) atoms. The second-order valence-electron chi connectivity index (χ2n) is 3.89. The average Bonchev–Trinajstić information content (AvgIpc) is 2.38. The number of hydrogen-bond donors (Lipinski definition) is 0. The zero-order chi connectivity index (χ0) is 14.9. The van der Waals surface area contributed by atoms with E-state index < -0.39 is 34.6 Å². The van der Waals surface area contributed by atoms with Crippen molar-refractivity contribution in [1.29, 1.82) is 0 Å². The van der Waals surface area contributed by atoms with E-state index in [9.17, 15) is 22.4 Å². The monoisotopic (exact) mass is 303 g/mol. The summed E-state index contributed by atoms with van der Waals surface area (Å²) < 4.78 is 53.9. The van der Waals surface area contributed by atoms with Gasteiger partial charge < -0.3 is 0 Å². The van der Waals surface area contributed by atoms with Gasteiger partial charge >= 0.3 is 5.92 Å². The lowest BCUT2D eigenvalue weighted by Gasteiger charge is -2.14. The summed E-state index contributed by atoms with van der Waals surface area (Å²) in [6.45, 7) is 0. The molecule has 0 fully saturated rings. The van der Waals surface area contributed by atoms with E-state index in [2.05, 4.69) is 4.98 Å². The number of carbonyl (C=O) groups excluding carboxylic acids is 1. The van der Waals surface area contributed by atoms with E-state index in [1.54, 1.807) is 0 Å². The molecule has 2 nitrogen and oxygen atoms in total. The molecule has 2 aromatic rings. The van der Waals surface area contributed by atoms with Gasteiger partial charge in [0.1, 0.15) is 17.3 Å². The fraction of sp³-hybridized carbons (Fsp3) is 0.0769. The molecule has 1 aromatic carbocycles. The van der Waals surface area contributed by atoms with Crippen LogP contribution in [0.1, 0.15) is 16.1 Å². The van der Waals surface area contributed by atoms with E-state index in [4.69, 9.17) is 11.6 Å². The van der Waals surface area contributed by atoms with Gasteiger partial charge in [0, 0.05) is 12.3 Å². The molecule has 0 atom stereocenters. The number of rotatable bonds is 3. The molecule has 1 aromatic heterocycles. The highest BCUT2D eigenvalue weighted by Crippen LogP contribution is 2.31. The van der Waals surface area contributed by atoms with E-state index in [1.165, 1.54) is 0 Å². The minimum atomic E-state index is -4.04. The lowest BCUT2D eigenvalue weighted by Crippen LogP contribution is -2.28. The summed E-state index contributed by atoms with van der Waals surface area (Å²) in [6, 6.07) is 3.74. The van der Waals surface area contributed by atoms with Gasteiger partial charge in [-0.25, -0.2) is 8.78 Å². The van der Waals surface area contributed by atoms with Crippen molar-refractivity contribution in [3.05, 3.63) is 64.4 Å². The Morgan fingerprint density at radius 3 is 2.40 bits per heavy atom. The first-order chi connectivity index (χ1) is 9.32. The maximum Gasteiger partial charge on any atom is 0.351 e. The van der Waals surface area contributed by atoms with Crippen molar-refractivity contribution in [3.63, 3.8) is 0 Å². The predicted octanol–water partition coefficient (Wildman–Crippen LogP) is 3.99. The van der Waals surface area contributed by atoms with Crippen LogP contribution in [0.5, 0.6) is 0 Å². The Labute approximate surface area is 116 Å². The molecule has 2 rings (SSSR count). The summed E-state index contributed by atoms with van der Waals surface area (Å²) in [7, 11) is 0. The SMILES string of the molecule is O=C(c1ccc(F)cc1F)C(F)(F)c1ccc(Cl)cn1. The van der Waals surface area contributed by atoms with Crippen LogP contribution in [0.15, 0.2) is 36.5 Å². The van der Waals surface area contributed by atoms with Gasteiger partial charge in [0.2, 0.25) is 5.78 Å². The predicted molar refractivity (Wildman–Crippen MR) is 63.8 cm³/mol. The van der Waals surface area contributed by atoms with Gasteiger partial charge in [0.15, 0.2) is 0 Å². The molecule has 0 bridgehead atoms. The molecule has 0 radical (unpaired) electrons. The molecule has 0 aliphatic heterocycles. The Balaban J connectivity index is 2.42. The summed E-state index contributed by atoms with van der Waals surface area (Å²) in [5.41, 5.74) is -1.77. The van der Waals surface area contributed by atoms with E-state index in [1.807, 2.05) is 0 Å². The molecular formula is C13H6ClF4NO. The second-order valence-corrected chi connectivity index (χ2v) is 4.33. The lowest BCUT2D eigenvalue weighted by molar-refractivity contribution is 0.00426. The zero-order valence-corrected chi connectivity index (χ0v) is 10.5. The molecule has 0 unspecified atom stereocenters. The maximum absolute atomic E-state index is 13.9. The van der Waals surface area contributed by atoms with E-state index in [0.29, 0.717) is 12.1 Å². The standard InChI is InChI=1S/C13H6ClF4NO/c14-7-1-4-11(19-6-7)13(17,18)12(20)9-3-2-8(15)5-10(9)16/h1-6H. The van der Waals surface area contributed by atoms with Crippen LogP contribution in [-0.2, 0) is 5.92 Å². The Morgan fingerprint density at radius 2 is 1.85 bits per heavy atom. The van der Waals surface area contributed by atoms with Gasteiger partial charge in [0.05, 0.1) is 10.6 Å². The van der Waals surface area contributed by atoms with Crippen molar-refractivity contribution in [1.82, 2.24) is 4.98 Å². The molecule has 0 N–H and O–H groups in total. The van der Waals surface area contributed by atoms with Crippen molar-refractivity contribution in [2.24, 2.45) is 0 Å². The Bertz CT molecular complexity index is 658. The first kappa shape index (κ1) is 14.5. The minimum absolute atomic E-state index is 0.116. The fourth-order valence-electron chi connectivity index (χ4n) is 1.52. The summed E-state index contributed by atoms with van der Waals surface area (Å²) in [5, 5.41) is 0.116. The summed E-state index contributed by atoms with van der Waals surface area (Å²) in [4.78, 5) is 15.0. The summed E-state index contributed by atoms with van der Waals surface area (Å²) in [5.74, 6) is -8.16. The average molecular weight is 304 g/mol. The Morgan fingerprint density at radius 1 is 1.15 bits per heavy atom. The number of alkyl halides is 2. The molecule has 104 valence electrons. The van der Waals surface area contributed by atoms with E-state index in [-0.39, 0.29) is 5.02 Å². The van der Waals surface area contributed by atoms with Crippen molar-refractivity contribution in [3.8, 4) is 0 Å². The maximum atomic E-state index is 13.9. The van der Waals surface area contributed by atoms with E-state index >= 15 is 0 Å². The number of aromatic nitrogens is 1. The van der Waals surface area contributed by atoms with Crippen LogP contribution in [0, 0.1) is 11.6 Å². The van der Waals surface area contributed by atoms with Gasteiger partial charge in [0.25, 0.3) is 0 Å². The highest BCUT2D eigenvalue weighted by Gasteiger charge is 2.43. The molecule has 0 saturated heterocycles. The van der Waals surface area contributed by atoms with Gasteiger partial charge in [-0.1, -0.05) is 11.6 Å². The Hall–Kier alpha value is -1.95. The molecule has 0 saturated carbocycles. The number of pyridine rings is 1. The molecule has 0 amide bonds. The Kier molecular flexibility index (Phi) is 3.76. The molecular weight excluding hydrogens is 298 g/mol.